The van der Waals surface area contributed by atoms with Gasteiger partial charge in [0.05, 0.1) is 25.8 Å². The van der Waals surface area contributed by atoms with E-state index in [1.807, 2.05) is 14.0 Å². The van der Waals surface area contributed by atoms with Crippen molar-refractivity contribution in [2.24, 2.45) is 23.1 Å². The highest BCUT2D eigenvalue weighted by Gasteiger charge is 2.37. The number of ether oxygens (including phenoxy) is 3. The standard InChI is InChI=1S/C16H31N3O4.C6H11FO3.C3H8N2O2.CH5N/c1-18-11-8-13(17)16(14(21)9-11)23-15-5-2-4-12(22-15)10-19-6-3-7-20;1-4-2-5(8)6(10-7)9-3-4;4-1-2-5(7)3-6;1-2/h4,11,13-16,18-21H,2-3,5-10,17H2,1H3;4-6,8H,2-3H2,1H3;3,7H,1-2,4H2;2H2,1H3/t11?,13?,14?,15-,16-;;;/m1.../s1. The van der Waals surface area contributed by atoms with Gasteiger partial charge in [-0.2, -0.15) is 4.94 Å². The molecule has 0 aromatic carbocycles. The summed E-state index contributed by atoms with van der Waals surface area (Å²) in [5, 5.41) is 43.2. The van der Waals surface area contributed by atoms with Gasteiger partial charge < -0.3 is 57.4 Å². The molecule has 0 radical (unpaired) electrons. The van der Waals surface area contributed by atoms with E-state index < -0.39 is 18.5 Å². The van der Waals surface area contributed by atoms with Crippen LogP contribution in [0.1, 0.15) is 45.4 Å². The number of allylic oxidation sites excluding steroid dienone is 1. The lowest BCUT2D eigenvalue weighted by atomic mass is 9.86. The van der Waals surface area contributed by atoms with Crippen LogP contribution in [0.4, 0.5) is 4.53 Å². The van der Waals surface area contributed by atoms with Gasteiger partial charge in [0, 0.05) is 31.7 Å². The third-order valence-corrected chi connectivity index (χ3v) is 6.54. The fourth-order valence-electron chi connectivity index (χ4n) is 4.39. The average molecular weight is 615 g/mol. The molecule has 1 saturated carbocycles. The van der Waals surface area contributed by atoms with E-state index in [2.05, 4.69) is 27.4 Å². The van der Waals surface area contributed by atoms with Crippen molar-refractivity contribution in [3.8, 4) is 0 Å². The van der Waals surface area contributed by atoms with Crippen molar-refractivity contribution in [1.29, 1.82) is 0 Å². The second-order valence-electron chi connectivity index (χ2n) is 10.1. The second-order valence-corrected chi connectivity index (χ2v) is 10.1. The van der Waals surface area contributed by atoms with Crippen LogP contribution in [-0.4, -0.2) is 128 Å². The van der Waals surface area contributed by atoms with Gasteiger partial charge in [0.2, 0.25) is 12.7 Å². The number of nitrogens with two attached hydrogens (primary N) is 3. The van der Waals surface area contributed by atoms with Crippen molar-refractivity contribution in [2.45, 2.75) is 88.4 Å². The van der Waals surface area contributed by atoms with E-state index in [0.717, 1.165) is 38.0 Å². The molecule has 2 aliphatic heterocycles. The molecule has 0 aromatic heterocycles. The number of carbonyl (C=O) groups is 1. The van der Waals surface area contributed by atoms with Gasteiger partial charge in [-0.15, -0.1) is 0 Å². The molecule has 6 unspecified atom stereocenters. The number of nitrogens with one attached hydrogen (secondary N) is 2. The fourth-order valence-corrected chi connectivity index (χ4v) is 4.39. The molecule has 2 heterocycles. The summed E-state index contributed by atoms with van der Waals surface area (Å²) in [6.45, 7) is 4.42. The zero-order valence-electron chi connectivity index (χ0n) is 25.1. The first kappa shape index (κ1) is 40.5. The quantitative estimate of drug-likeness (QED) is 0.0522. The average Bonchev–Trinajstić information content (AvgIpc) is 2.99. The molecule has 42 heavy (non-hydrogen) atoms. The monoisotopic (exact) mass is 614 g/mol. The maximum absolute atomic E-state index is 11.5. The van der Waals surface area contributed by atoms with E-state index in [1.165, 1.54) is 7.05 Å². The van der Waals surface area contributed by atoms with Gasteiger partial charge in [0.1, 0.15) is 18.0 Å². The Bertz CT molecular complexity index is 691. The zero-order chi connectivity index (χ0) is 31.9. The Morgan fingerprint density at radius 2 is 1.95 bits per heavy atom. The van der Waals surface area contributed by atoms with Crippen LogP contribution in [0.5, 0.6) is 0 Å². The Morgan fingerprint density at radius 3 is 2.48 bits per heavy atom. The van der Waals surface area contributed by atoms with E-state index in [4.69, 9.17) is 41.1 Å². The molecule has 0 aromatic rings. The van der Waals surface area contributed by atoms with E-state index in [-0.39, 0.29) is 50.1 Å². The van der Waals surface area contributed by atoms with Crippen molar-refractivity contribution in [3.63, 3.8) is 0 Å². The van der Waals surface area contributed by atoms with Crippen LogP contribution in [-0.2, 0) is 23.9 Å². The molecule has 16 heteroatoms. The van der Waals surface area contributed by atoms with Gasteiger partial charge in [-0.1, -0.05) is 6.92 Å². The number of rotatable bonds is 12. The molecule has 250 valence electrons. The number of halogens is 1. The van der Waals surface area contributed by atoms with E-state index >= 15 is 0 Å². The number of amides is 1. The predicted octanol–water partition coefficient (Wildman–Crippen LogP) is -1.57. The van der Waals surface area contributed by atoms with Crippen molar-refractivity contribution in [1.82, 2.24) is 15.7 Å². The molecule has 12 N–H and O–H groups in total. The molecule has 1 saturated heterocycles. The topological polar surface area (TPSA) is 240 Å². The SMILES string of the molecule is CC1COC(OF)C(O)C1.CN.CNC1CC(N)[C@@H](O[C@@H]2CCC=C(CNCCCO)O2)C(O)C1.NCCN(O)C=O. The first-order chi connectivity index (χ1) is 20.2. The Labute approximate surface area is 248 Å². The van der Waals surface area contributed by atoms with Gasteiger partial charge in [0.15, 0.2) is 6.29 Å². The van der Waals surface area contributed by atoms with Crippen molar-refractivity contribution in [3.05, 3.63) is 11.8 Å². The lowest BCUT2D eigenvalue weighted by Crippen LogP contribution is -2.55. The van der Waals surface area contributed by atoms with Gasteiger partial charge >= 0.3 is 0 Å². The molecule has 15 nitrogen and oxygen atoms in total. The molecule has 3 aliphatic rings. The minimum Gasteiger partial charge on any atom is -0.468 e. The Balaban J connectivity index is 0.000000727. The van der Waals surface area contributed by atoms with E-state index in [9.17, 15) is 14.4 Å². The van der Waals surface area contributed by atoms with Crippen molar-refractivity contribution >= 4 is 6.41 Å². The van der Waals surface area contributed by atoms with Crippen LogP contribution >= 0.6 is 0 Å². The summed E-state index contributed by atoms with van der Waals surface area (Å²) in [5.74, 6) is 1.13. The molecule has 1 aliphatic carbocycles. The number of hydroxylamine groups is 2. The first-order valence-electron chi connectivity index (χ1n) is 14.4. The molecule has 8 atom stereocenters. The molecule has 0 spiro atoms. The summed E-state index contributed by atoms with van der Waals surface area (Å²) in [6.07, 6.45) is 3.51. The summed E-state index contributed by atoms with van der Waals surface area (Å²) < 4.78 is 28.1. The Kier molecular flexibility index (Phi) is 23.9. The minimum absolute atomic E-state index is 0.184. The lowest BCUT2D eigenvalue weighted by Gasteiger charge is -2.39. The number of hydrogen-bond acceptors (Lipinski definition) is 14. The molecule has 2 fully saturated rings. The van der Waals surface area contributed by atoms with E-state index in [0.29, 0.717) is 37.5 Å². The Morgan fingerprint density at radius 1 is 1.24 bits per heavy atom. The minimum atomic E-state index is -1.07. The first-order valence-corrected chi connectivity index (χ1v) is 14.4. The van der Waals surface area contributed by atoms with Gasteiger partial charge in [-0.05, 0) is 69.3 Å². The molecule has 0 bridgehead atoms. The number of carbonyl (C=O) groups excluding carboxylic acids is 1. The van der Waals surface area contributed by atoms with Crippen LogP contribution in [0.2, 0.25) is 0 Å². The smallest absolute Gasteiger partial charge is 0.233 e. The van der Waals surface area contributed by atoms with Crippen LogP contribution in [0, 0.1) is 5.92 Å². The fraction of sp³-hybridized carbons (Fsp3) is 0.885. The summed E-state index contributed by atoms with van der Waals surface area (Å²) in [4.78, 5) is 12.9. The number of nitrogens with zero attached hydrogens (tertiary/aromatic N) is 1. The highest BCUT2D eigenvalue weighted by molar-refractivity contribution is 5.44. The van der Waals surface area contributed by atoms with Crippen molar-refractivity contribution in [2.75, 3.05) is 53.5 Å². The molecular weight excluding hydrogens is 559 g/mol. The summed E-state index contributed by atoms with van der Waals surface area (Å²) in [7, 11) is 3.39. The van der Waals surface area contributed by atoms with Gasteiger partial charge in [0.25, 0.3) is 0 Å². The third-order valence-electron chi connectivity index (χ3n) is 6.54. The van der Waals surface area contributed by atoms with E-state index in [1.54, 1.807) is 0 Å². The lowest BCUT2D eigenvalue weighted by molar-refractivity contribution is -0.319. The highest BCUT2D eigenvalue weighted by Crippen LogP contribution is 2.26. The molecular formula is C26H55FN6O9. The van der Waals surface area contributed by atoms with Crippen LogP contribution in [0.3, 0.4) is 0 Å². The third kappa shape index (κ3) is 16.9. The van der Waals surface area contributed by atoms with Crippen LogP contribution in [0.15, 0.2) is 11.8 Å². The summed E-state index contributed by atoms with van der Waals surface area (Å²) in [5.41, 5.74) is 15.6. The number of aliphatic hydroxyl groups is 3. The largest absolute Gasteiger partial charge is 0.468 e. The van der Waals surface area contributed by atoms with Crippen molar-refractivity contribution < 1.29 is 49.0 Å². The Hall–Kier alpha value is -1.54. The second kappa shape index (κ2) is 24.9. The normalized spacial score (nSPS) is 30.5. The zero-order valence-corrected chi connectivity index (χ0v) is 25.1. The summed E-state index contributed by atoms with van der Waals surface area (Å²) in [6, 6.07) is 0.0372. The number of aliphatic hydroxyl groups excluding tert-OH is 3. The summed E-state index contributed by atoms with van der Waals surface area (Å²) >= 11 is 0. The highest BCUT2D eigenvalue weighted by atomic mass is 19.3. The number of hydrogen-bond donors (Lipinski definition) is 9. The van der Waals surface area contributed by atoms with Crippen LogP contribution < -0.4 is 27.8 Å². The maximum atomic E-state index is 11.5. The maximum Gasteiger partial charge on any atom is 0.233 e. The molecule has 3 rings (SSSR count). The predicted molar refractivity (Wildman–Crippen MR) is 153 cm³/mol. The van der Waals surface area contributed by atoms with Gasteiger partial charge in [-0.25, -0.2) is 5.06 Å². The molecule has 1 amide bonds. The van der Waals surface area contributed by atoms with Crippen LogP contribution in [0.25, 0.3) is 0 Å². The van der Waals surface area contributed by atoms with Gasteiger partial charge in [-0.3, -0.25) is 10.0 Å².